The highest BCUT2D eigenvalue weighted by molar-refractivity contribution is 7.09. The molecule has 1 aliphatic carbocycles. The summed E-state index contributed by atoms with van der Waals surface area (Å²) >= 11 is 1.44. The van der Waals surface area contributed by atoms with Gasteiger partial charge in [0.25, 0.3) is 0 Å². The van der Waals surface area contributed by atoms with Crippen molar-refractivity contribution < 1.29 is 4.74 Å². The molecule has 0 unspecified atom stereocenters. The third kappa shape index (κ3) is 2.20. The highest BCUT2D eigenvalue weighted by Gasteiger charge is 2.33. The Morgan fingerprint density at radius 2 is 2.12 bits per heavy atom. The lowest BCUT2D eigenvalue weighted by molar-refractivity contribution is -0.0281. The van der Waals surface area contributed by atoms with Crippen LogP contribution < -0.4 is 5.32 Å². The van der Waals surface area contributed by atoms with Gasteiger partial charge in [0, 0.05) is 24.7 Å². The third-order valence-electron chi connectivity index (χ3n) is 3.27. The lowest BCUT2D eigenvalue weighted by Crippen LogP contribution is -2.28. The molecule has 1 N–H and O–H groups in total. The minimum absolute atomic E-state index is 0.306. The molecule has 1 fully saturated rings. The van der Waals surface area contributed by atoms with Crippen molar-refractivity contribution in [3.8, 4) is 0 Å². The van der Waals surface area contributed by atoms with Crippen LogP contribution in [0.25, 0.3) is 0 Å². The molecular weight excluding hydrogens is 222 g/mol. The summed E-state index contributed by atoms with van der Waals surface area (Å²) in [5.74, 6) is 0.827. The molecule has 0 saturated heterocycles. The first-order chi connectivity index (χ1) is 7.74. The molecule has 1 heterocycles. The van der Waals surface area contributed by atoms with E-state index in [1.807, 2.05) is 0 Å². The Balaban J connectivity index is 2.14. The van der Waals surface area contributed by atoms with Gasteiger partial charge in [0.05, 0.1) is 0 Å². The number of methoxy groups -OCH3 is 1. The summed E-state index contributed by atoms with van der Waals surface area (Å²) in [5.41, 5.74) is -0.306. The number of hydrogen-bond acceptors (Lipinski definition) is 5. The summed E-state index contributed by atoms with van der Waals surface area (Å²) in [6.07, 6.45) is 4.32. The van der Waals surface area contributed by atoms with Gasteiger partial charge in [-0.05, 0) is 25.7 Å². The lowest BCUT2D eigenvalue weighted by Gasteiger charge is -2.26. The van der Waals surface area contributed by atoms with Crippen LogP contribution in [0.2, 0.25) is 0 Å². The number of rotatable bonds is 6. The molecule has 0 radical (unpaired) electrons. The van der Waals surface area contributed by atoms with E-state index in [4.69, 9.17) is 4.74 Å². The second-order valence-corrected chi connectivity index (χ2v) is 5.00. The Labute approximate surface area is 101 Å². The average molecular weight is 241 g/mol. The van der Waals surface area contributed by atoms with Crippen LogP contribution >= 0.6 is 11.5 Å². The second kappa shape index (κ2) is 4.67. The maximum Gasteiger partial charge on any atom is 0.202 e. The fourth-order valence-electron chi connectivity index (χ4n) is 1.82. The molecule has 90 valence electrons. The molecule has 0 atom stereocenters. The van der Waals surface area contributed by atoms with Gasteiger partial charge in [0.1, 0.15) is 5.60 Å². The van der Waals surface area contributed by atoms with Crippen molar-refractivity contribution in [2.75, 3.05) is 12.4 Å². The van der Waals surface area contributed by atoms with Crippen LogP contribution in [0.5, 0.6) is 0 Å². The summed E-state index contributed by atoms with van der Waals surface area (Å²) in [4.78, 5) is 4.55. The predicted octanol–water partition coefficient (Wildman–Crippen LogP) is 2.77. The summed E-state index contributed by atoms with van der Waals surface area (Å²) in [5, 5.41) is 4.30. The van der Waals surface area contributed by atoms with E-state index in [-0.39, 0.29) is 5.60 Å². The van der Waals surface area contributed by atoms with Crippen LogP contribution in [0.3, 0.4) is 0 Å². The van der Waals surface area contributed by atoms with E-state index in [9.17, 15) is 0 Å². The molecule has 0 amide bonds. The Morgan fingerprint density at radius 1 is 1.44 bits per heavy atom. The average Bonchev–Trinajstić information content (AvgIpc) is 3.00. The van der Waals surface area contributed by atoms with Gasteiger partial charge in [-0.15, -0.1) is 0 Å². The van der Waals surface area contributed by atoms with Crippen molar-refractivity contribution >= 4 is 16.7 Å². The van der Waals surface area contributed by atoms with Crippen LogP contribution in [0.4, 0.5) is 5.13 Å². The maximum atomic E-state index is 5.61. The maximum absolute atomic E-state index is 5.61. The highest BCUT2D eigenvalue weighted by Crippen LogP contribution is 2.33. The molecule has 1 aromatic heterocycles. The van der Waals surface area contributed by atoms with E-state index in [0.717, 1.165) is 23.8 Å². The summed E-state index contributed by atoms with van der Waals surface area (Å²) in [7, 11) is 1.74. The minimum Gasteiger partial charge on any atom is -0.370 e. The number of hydrogen-bond donors (Lipinski definition) is 1. The summed E-state index contributed by atoms with van der Waals surface area (Å²) in [6.45, 7) is 4.23. The van der Waals surface area contributed by atoms with Crippen molar-refractivity contribution in [3.63, 3.8) is 0 Å². The molecule has 16 heavy (non-hydrogen) atoms. The molecule has 5 heteroatoms. The van der Waals surface area contributed by atoms with E-state index in [1.165, 1.54) is 24.4 Å². The van der Waals surface area contributed by atoms with Gasteiger partial charge in [-0.3, -0.25) is 0 Å². The van der Waals surface area contributed by atoms with E-state index < -0.39 is 0 Å². The van der Waals surface area contributed by atoms with E-state index in [2.05, 4.69) is 28.5 Å². The Bertz CT molecular complexity index is 336. The number of nitrogens with one attached hydrogen (secondary N) is 1. The van der Waals surface area contributed by atoms with Crippen molar-refractivity contribution in [1.82, 2.24) is 9.36 Å². The third-order valence-corrected chi connectivity index (χ3v) is 3.92. The monoisotopic (exact) mass is 241 g/mol. The van der Waals surface area contributed by atoms with Gasteiger partial charge >= 0.3 is 0 Å². The van der Waals surface area contributed by atoms with Gasteiger partial charge in [0.15, 0.2) is 5.82 Å². The van der Waals surface area contributed by atoms with E-state index >= 15 is 0 Å². The highest BCUT2D eigenvalue weighted by atomic mass is 32.1. The number of ether oxygens (including phenoxy) is 1. The number of aromatic nitrogens is 2. The van der Waals surface area contributed by atoms with Crippen molar-refractivity contribution in [2.45, 2.75) is 51.2 Å². The Morgan fingerprint density at radius 3 is 2.62 bits per heavy atom. The van der Waals surface area contributed by atoms with Crippen LogP contribution in [0, 0.1) is 0 Å². The van der Waals surface area contributed by atoms with Gasteiger partial charge < -0.3 is 10.1 Å². The molecule has 0 aliphatic heterocycles. The van der Waals surface area contributed by atoms with E-state index in [1.54, 1.807) is 7.11 Å². The predicted molar refractivity (Wildman–Crippen MR) is 65.8 cm³/mol. The van der Waals surface area contributed by atoms with Gasteiger partial charge in [-0.2, -0.15) is 4.37 Å². The summed E-state index contributed by atoms with van der Waals surface area (Å²) in [6, 6.07) is 0.626. The van der Waals surface area contributed by atoms with Gasteiger partial charge in [0.2, 0.25) is 5.13 Å². The molecule has 1 aromatic rings. The molecule has 0 bridgehead atoms. The molecule has 2 rings (SSSR count). The first-order valence-electron chi connectivity index (χ1n) is 5.90. The second-order valence-electron chi connectivity index (χ2n) is 4.25. The zero-order chi connectivity index (χ0) is 11.6. The molecule has 4 nitrogen and oxygen atoms in total. The topological polar surface area (TPSA) is 47.0 Å². The van der Waals surface area contributed by atoms with Crippen LogP contribution in [0.1, 0.15) is 45.4 Å². The minimum atomic E-state index is -0.306. The normalized spacial score (nSPS) is 16.4. The lowest BCUT2D eigenvalue weighted by atomic mass is 9.96. The molecule has 1 aliphatic rings. The van der Waals surface area contributed by atoms with E-state index in [0.29, 0.717) is 6.04 Å². The zero-order valence-corrected chi connectivity index (χ0v) is 10.9. The van der Waals surface area contributed by atoms with Gasteiger partial charge in [-0.1, -0.05) is 13.8 Å². The first-order valence-corrected chi connectivity index (χ1v) is 6.67. The number of nitrogens with zero attached hydrogens (tertiary/aromatic N) is 2. The van der Waals surface area contributed by atoms with Crippen molar-refractivity contribution in [1.29, 1.82) is 0 Å². The Hall–Kier alpha value is -0.680. The van der Waals surface area contributed by atoms with Crippen LogP contribution in [-0.2, 0) is 10.3 Å². The largest absolute Gasteiger partial charge is 0.370 e. The molecular formula is C11H19N3OS. The fraction of sp³-hybridized carbons (Fsp3) is 0.818. The summed E-state index contributed by atoms with van der Waals surface area (Å²) < 4.78 is 10.0. The number of anilines is 1. The van der Waals surface area contributed by atoms with Crippen LogP contribution in [0.15, 0.2) is 0 Å². The quantitative estimate of drug-likeness (QED) is 0.832. The van der Waals surface area contributed by atoms with Crippen LogP contribution in [-0.4, -0.2) is 22.5 Å². The molecule has 0 spiro atoms. The standard InChI is InChI=1S/C11H19N3OS/c1-4-11(5-2,15-3)9-13-10(16-14-9)12-8-6-7-8/h8H,4-7H2,1-3H3,(H,12,13,14). The molecule has 0 aromatic carbocycles. The smallest absolute Gasteiger partial charge is 0.202 e. The molecule has 1 saturated carbocycles. The first kappa shape index (κ1) is 11.8. The Kier molecular flexibility index (Phi) is 3.44. The SMILES string of the molecule is CCC(CC)(OC)c1nsc(NC2CC2)n1. The van der Waals surface area contributed by atoms with Crippen molar-refractivity contribution in [3.05, 3.63) is 5.82 Å². The van der Waals surface area contributed by atoms with Crippen molar-refractivity contribution in [2.24, 2.45) is 0 Å². The fourth-order valence-corrected chi connectivity index (χ4v) is 2.54. The van der Waals surface area contributed by atoms with Gasteiger partial charge in [-0.25, -0.2) is 4.98 Å². The zero-order valence-electron chi connectivity index (χ0n) is 10.1.